The van der Waals surface area contributed by atoms with Crippen LogP contribution in [0.1, 0.15) is 22.9 Å². The van der Waals surface area contributed by atoms with Gasteiger partial charge in [0, 0.05) is 38.1 Å². The summed E-state index contributed by atoms with van der Waals surface area (Å²) >= 11 is 1.73. The molecular formula is C20H26N6S. The van der Waals surface area contributed by atoms with Gasteiger partial charge in [-0.1, -0.05) is 30.3 Å². The van der Waals surface area contributed by atoms with Crippen LogP contribution in [0.2, 0.25) is 0 Å². The molecule has 0 spiro atoms. The topological polar surface area (TPSA) is 69.2 Å². The van der Waals surface area contributed by atoms with Gasteiger partial charge in [0.25, 0.3) is 0 Å². The molecule has 3 rings (SSSR count). The Balaban J connectivity index is 1.48. The van der Waals surface area contributed by atoms with Gasteiger partial charge in [-0.15, -0.1) is 11.3 Å². The second kappa shape index (κ2) is 9.32. The number of nitrogens with one attached hydrogen (secondary N) is 2. The van der Waals surface area contributed by atoms with Crippen molar-refractivity contribution >= 4 is 17.3 Å². The van der Waals surface area contributed by atoms with Crippen molar-refractivity contribution in [2.24, 2.45) is 4.99 Å². The highest BCUT2D eigenvalue weighted by Crippen LogP contribution is 2.16. The molecule has 0 aliphatic rings. The Morgan fingerprint density at radius 3 is 2.81 bits per heavy atom. The summed E-state index contributed by atoms with van der Waals surface area (Å²) in [4.78, 5) is 18.8. The number of imidazole rings is 1. The molecule has 0 atom stereocenters. The smallest absolute Gasteiger partial charge is 0.193 e. The minimum Gasteiger partial charge on any atom is -0.356 e. The molecule has 2 heterocycles. The van der Waals surface area contributed by atoms with E-state index in [0.717, 1.165) is 48.1 Å². The quantitative estimate of drug-likeness (QED) is 0.373. The molecule has 7 heteroatoms. The number of aromatic amines is 1. The number of aromatic nitrogens is 3. The molecule has 3 aromatic rings. The predicted octanol–water partition coefficient (Wildman–Crippen LogP) is 3.48. The van der Waals surface area contributed by atoms with Gasteiger partial charge in [-0.2, -0.15) is 0 Å². The molecule has 0 unspecified atom stereocenters. The molecule has 0 saturated heterocycles. The number of rotatable bonds is 7. The van der Waals surface area contributed by atoms with Crippen molar-refractivity contribution in [2.75, 3.05) is 20.6 Å². The lowest BCUT2D eigenvalue weighted by Gasteiger charge is -2.21. The molecular weight excluding hydrogens is 356 g/mol. The summed E-state index contributed by atoms with van der Waals surface area (Å²) in [6.07, 6.45) is 3.90. The largest absolute Gasteiger partial charge is 0.356 e. The number of aliphatic imine (C=N–C) groups is 1. The lowest BCUT2D eigenvalue weighted by Crippen LogP contribution is -2.39. The lowest BCUT2D eigenvalue weighted by atomic mass is 10.2. The van der Waals surface area contributed by atoms with E-state index in [-0.39, 0.29) is 0 Å². The van der Waals surface area contributed by atoms with Gasteiger partial charge in [-0.05, 0) is 18.9 Å². The van der Waals surface area contributed by atoms with E-state index in [0.29, 0.717) is 6.54 Å². The number of thiazole rings is 1. The number of guanidine groups is 1. The Bertz CT molecular complexity index is 867. The summed E-state index contributed by atoms with van der Waals surface area (Å²) in [5.41, 5.74) is 3.27. The van der Waals surface area contributed by atoms with Crippen LogP contribution in [-0.4, -0.2) is 46.5 Å². The molecule has 0 aliphatic heterocycles. The van der Waals surface area contributed by atoms with Gasteiger partial charge in [0.1, 0.15) is 5.82 Å². The monoisotopic (exact) mass is 382 g/mol. The molecule has 0 bridgehead atoms. The van der Waals surface area contributed by atoms with Crippen LogP contribution in [0, 0.1) is 6.92 Å². The molecule has 142 valence electrons. The molecule has 0 fully saturated rings. The number of nitrogens with zero attached hydrogens (tertiary/aromatic N) is 4. The van der Waals surface area contributed by atoms with Gasteiger partial charge in [-0.3, -0.25) is 4.99 Å². The van der Waals surface area contributed by atoms with E-state index in [1.807, 2.05) is 38.4 Å². The fraction of sp³-hybridized carbons (Fsp3) is 0.350. The molecule has 2 N–H and O–H groups in total. The van der Waals surface area contributed by atoms with Gasteiger partial charge in [0.15, 0.2) is 5.96 Å². The normalized spacial score (nSPS) is 11.6. The average molecular weight is 383 g/mol. The van der Waals surface area contributed by atoms with Gasteiger partial charge in [-0.25, -0.2) is 9.97 Å². The maximum absolute atomic E-state index is 4.50. The summed E-state index contributed by atoms with van der Waals surface area (Å²) in [5.74, 6) is 1.78. The maximum Gasteiger partial charge on any atom is 0.193 e. The van der Waals surface area contributed by atoms with Crippen molar-refractivity contribution in [3.05, 3.63) is 58.4 Å². The standard InChI is InChI=1S/C20H26N6S/c1-15-14-27-19(24-15)10-7-11-22-20(21-2)26(3)13-18-23-12-17(25-18)16-8-5-4-6-9-16/h4-6,8-9,12,14H,7,10-11,13H2,1-3H3,(H,21,22)(H,23,25). The zero-order valence-electron chi connectivity index (χ0n) is 16.1. The zero-order chi connectivity index (χ0) is 19.1. The van der Waals surface area contributed by atoms with Crippen molar-refractivity contribution in [2.45, 2.75) is 26.3 Å². The molecule has 0 aliphatic carbocycles. The SMILES string of the molecule is CN=C(NCCCc1nc(C)cs1)N(C)Cc1ncc(-c2ccccc2)[nH]1. The van der Waals surface area contributed by atoms with E-state index in [9.17, 15) is 0 Å². The number of hydrogen-bond acceptors (Lipinski definition) is 4. The Hall–Kier alpha value is -2.67. The summed E-state index contributed by atoms with van der Waals surface area (Å²) in [6, 6.07) is 10.2. The van der Waals surface area contributed by atoms with Gasteiger partial charge >= 0.3 is 0 Å². The van der Waals surface area contributed by atoms with Crippen LogP contribution in [0.3, 0.4) is 0 Å². The highest BCUT2D eigenvalue weighted by atomic mass is 32.1. The van der Waals surface area contributed by atoms with E-state index in [1.165, 1.54) is 5.01 Å². The first-order valence-corrected chi connectivity index (χ1v) is 9.96. The highest BCUT2D eigenvalue weighted by Gasteiger charge is 2.10. The molecule has 2 aromatic heterocycles. The Morgan fingerprint density at radius 1 is 1.30 bits per heavy atom. The zero-order valence-corrected chi connectivity index (χ0v) is 16.9. The first-order chi connectivity index (χ1) is 13.2. The number of hydrogen-bond donors (Lipinski definition) is 2. The fourth-order valence-electron chi connectivity index (χ4n) is 2.85. The van der Waals surface area contributed by atoms with Gasteiger partial charge < -0.3 is 15.2 Å². The van der Waals surface area contributed by atoms with Crippen molar-refractivity contribution in [1.82, 2.24) is 25.2 Å². The van der Waals surface area contributed by atoms with Crippen LogP contribution in [0.4, 0.5) is 0 Å². The lowest BCUT2D eigenvalue weighted by molar-refractivity contribution is 0.463. The van der Waals surface area contributed by atoms with Crippen molar-refractivity contribution in [3.63, 3.8) is 0 Å². The third-order valence-electron chi connectivity index (χ3n) is 4.19. The summed E-state index contributed by atoms with van der Waals surface area (Å²) in [5, 5.41) is 6.71. The molecule has 0 saturated carbocycles. The van der Waals surface area contributed by atoms with Crippen LogP contribution in [0.15, 0.2) is 46.9 Å². The number of H-pyrrole nitrogens is 1. The maximum atomic E-state index is 4.50. The first-order valence-electron chi connectivity index (χ1n) is 9.08. The third-order valence-corrected chi connectivity index (χ3v) is 5.22. The van der Waals surface area contributed by atoms with Crippen LogP contribution in [-0.2, 0) is 13.0 Å². The molecule has 6 nitrogen and oxygen atoms in total. The fourth-order valence-corrected chi connectivity index (χ4v) is 3.67. The van der Waals surface area contributed by atoms with E-state index in [2.05, 4.69) is 47.7 Å². The van der Waals surface area contributed by atoms with Gasteiger partial charge in [0.05, 0.1) is 23.4 Å². The molecule has 27 heavy (non-hydrogen) atoms. The van der Waals surface area contributed by atoms with Crippen molar-refractivity contribution < 1.29 is 0 Å². The van der Waals surface area contributed by atoms with Crippen LogP contribution >= 0.6 is 11.3 Å². The average Bonchev–Trinajstić information content (AvgIpc) is 3.31. The summed E-state index contributed by atoms with van der Waals surface area (Å²) < 4.78 is 0. The van der Waals surface area contributed by atoms with E-state index in [1.54, 1.807) is 18.4 Å². The van der Waals surface area contributed by atoms with Gasteiger partial charge in [0.2, 0.25) is 0 Å². The molecule has 0 radical (unpaired) electrons. The van der Waals surface area contributed by atoms with Crippen LogP contribution < -0.4 is 5.32 Å². The highest BCUT2D eigenvalue weighted by molar-refractivity contribution is 7.09. The third kappa shape index (κ3) is 5.40. The molecule has 1 aromatic carbocycles. The number of benzene rings is 1. The minimum absolute atomic E-state index is 0.665. The Labute approximate surface area is 164 Å². The second-order valence-electron chi connectivity index (χ2n) is 6.43. The van der Waals surface area contributed by atoms with Crippen molar-refractivity contribution in [1.29, 1.82) is 0 Å². The summed E-state index contributed by atoms with van der Waals surface area (Å²) in [7, 11) is 3.82. The predicted molar refractivity (Wildman–Crippen MR) is 112 cm³/mol. The van der Waals surface area contributed by atoms with E-state index < -0.39 is 0 Å². The summed E-state index contributed by atoms with van der Waals surface area (Å²) in [6.45, 7) is 3.56. The van der Waals surface area contributed by atoms with Crippen LogP contribution in [0.25, 0.3) is 11.3 Å². The van der Waals surface area contributed by atoms with Crippen molar-refractivity contribution in [3.8, 4) is 11.3 Å². The van der Waals surface area contributed by atoms with Crippen LogP contribution in [0.5, 0.6) is 0 Å². The molecule has 0 amide bonds. The second-order valence-corrected chi connectivity index (χ2v) is 7.37. The first kappa shape index (κ1) is 19.1. The minimum atomic E-state index is 0.665. The van der Waals surface area contributed by atoms with E-state index >= 15 is 0 Å². The Kier molecular flexibility index (Phi) is 6.59. The number of aryl methyl sites for hydroxylation is 2. The Morgan fingerprint density at radius 2 is 2.11 bits per heavy atom. The van der Waals surface area contributed by atoms with E-state index in [4.69, 9.17) is 0 Å².